The van der Waals surface area contributed by atoms with Crippen LogP contribution in [0.2, 0.25) is 5.04 Å². The van der Waals surface area contributed by atoms with Crippen LogP contribution in [0.3, 0.4) is 0 Å². The monoisotopic (exact) mass is 654 g/mol. The average molecular weight is 655 g/mol. The molecule has 4 atom stereocenters. The van der Waals surface area contributed by atoms with E-state index in [2.05, 4.69) is 112 Å². The molecule has 4 aromatic rings. The zero-order valence-electron chi connectivity index (χ0n) is 27.1. The van der Waals surface area contributed by atoms with Crippen molar-refractivity contribution in [2.75, 3.05) is 0 Å². The summed E-state index contributed by atoms with van der Waals surface area (Å²) >= 11 is 1.77. The summed E-state index contributed by atoms with van der Waals surface area (Å²) in [5, 5.41) is 23.3. The highest BCUT2D eigenvalue weighted by molar-refractivity contribution is 7.19. The minimum atomic E-state index is -2.89. The average Bonchev–Trinajstić information content (AvgIpc) is 3.58. The molecule has 1 heterocycles. The zero-order chi connectivity index (χ0) is 32.7. The molecule has 46 heavy (non-hydrogen) atoms. The predicted octanol–water partition coefficient (Wildman–Crippen LogP) is 8.07. The molecule has 3 aromatic carbocycles. The Balaban J connectivity index is 1.49. The van der Waals surface area contributed by atoms with Gasteiger partial charge in [0.25, 0.3) is 8.32 Å². The molecular formula is C39H46O5SSi. The van der Waals surface area contributed by atoms with Gasteiger partial charge in [0.15, 0.2) is 0 Å². The molecule has 0 bridgehead atoms. The van der Waals surface area contributed by atoms with Crippen molar-refractivity contribution in [1.29, 1.82) is 0 Å². The number of aliphatic carboxylic acids is 1. The van der Waals surface area contributed by atoms with Crippen LogP contribution in [-0.2, 0) is 14.0 Å². The fourth-order valence-electron chi connectivity index (χ4n) is 7.11. The van der Waals surface area contributed by atoms with E-state index < -0.39 is 20.4 Å². The van der Waals surface area contributed by atoms with E-state index in [1.807, 2.05) is 12.2 Å². The third-order valence-electron chi connectivity index (χ3n) is 9.41. The van der Waals surface area contributed by atoms with E-state index in [9.17, 15) is 14.7 Å². The SMILES string of the molecule is CC(C)(C)[Si](O[C@H](CC[C@H]1C(=O)C[C@H](O)[C@@H]1C/C=C\CCCC(=O)O)c1cc2ccccc2s1)(c1ccccc1)c1ccccc1. The number of unbranched alkanes of at least 4 members (excludes halogenated alkanes) is 1. The number of allylic oxidation sites excluding steroid dienone is 2. The summed E-state index contributed by atoms with van der Waals surface area (Å²) in [5.74, 6) is -1.08. The second kappa shape index (κ2) is 15.0. The summed E-state index contributed by atoms with van der Waals surface area (Å²) in [5.41, 5.74) is 0. The second-order valence-electron chi connectivity index (χ2n) is 13.5. The van der Waals surface area contributed by atoms with Crippen molar-refractivity contribution in [3.63, 3.8) is 0 Å². The molecule has 7 heteroatoms. The van der Waals surface area contributed by atoms with Gasteiger partial charge in [-0.05, 0) is 71.0 Å². The van der Waals surface area contributed by atoms with E-state index in [4.69, 9.17) is 9.53 Å². The molecule has 0 saturated heterocycles. The molecule has 1 aliphatic carbocycles. The first kappa shape index (κ1) is 34.0. The Labute approximate surface area is 278 Å². The van der Waals surface area contributed by atoms with E-state index >= 15 is 0 Å². The van der Waals surface area contributed by atoms with E-state index in [1.54, 1.807) is 11.3 Å². The number of thiophene rings is 1. The number of ketones is 1. The lowest BCUT2D eigenvalue weighted by atomic mass is 9.86. The van der Waals surface area contributed by atoms with Gasteiger partial charge in [-0.2, -0.15) is 0 Å². The van der Waals surface area contributed by atoms with Crippen LogP contribution in [0.4, 0.5) is 0 Å². The minimum absolute atomic E-state index is 0.123. The molecule has 1 aromatic heterocycles. The number of carbonyl (C=O) groups is 2. The second-order valence-corrected chi connectivity index (χ2v) is 18.9. The number of aliphatic hydroxyl groups is 1. The molecule has 242 valence electrons. The molecule has 1 fully saturated rings. The Morgan fingerprint density at radius 2 is 1.61 bits per heavy atom. The Morgan fingerprint density at radius 3 is 2.22 bits per heavy atom. The topological polar surface area (TPSA) is 83.8 Å². The van der Waals surface area contributed by atoms with Crippen molar-refractivity contribution < 1.29 is 24.2 Å². The van der Waals surface area contributed by atoms with Gasteiger partial charge in [0.1, 0.15) is 5.78 Å². The lowest BCUT2D eigenvalue weighted by Crippen LogP contribution is -2.66. The molecule has 0 spiro atoms. The number of hydrogen-bond acceptors (Lipinski definition) is 5. The number of carbonyl (C=O) groups excluding carboxylic acids is 1. The van der Waals surface area contributed by atoms with Gasteiger partial charge < -0.3 is 14.6 Å². The molecule has 1 saturated carbocycles. The van der Waals surface area contributed by atoms with Crippen LogP contribution in [0.25, 0.3) is 10.1 Å². The maximum absolute atomic E-state index is 13.3. The van der Waals surface area contributed by atoms with Gasteiger partial charge in [-0.3, -0.25) is 9.59 Å². The van der Waals surface area contributed by atoms with Crippen LogP contribution < -0.4 is 10.4 Å². The lowest BCUT2D eigenvalue weighted by Gasteiger charge is -2.45. The van der Waals surface area contributed by atoms with Gasteiger partial charge in [0.05, 0.1) is 12.2 Å². The van der Waals surface area contributed by atoms with Gasteiger partial charge in [-0.15, -0.1) is 11.3 Å². The predicted molar refractivity (Wildman–Crippen MR) is 190 cm³/mol. The van der Waals surface area contributed by atoms with E-state index in [-0.39, 0.29) is 41.6 Å². The first-order chi connectivity index (χ1) is 22.1. The number of hydrogen-bond donors (Lipinski definition) is 2. The molecule has 0 aliphatic heterocycles. The number of rotatable bonds is 14. The van der Waals surface area contributed by atoms with Crippen molar-refractivity contribution >= 4 is 51.9 Å². The summed E-state index contributed by atoms with van der Waals surface area (Å²) in [4.78, 5) is 25.3. The van der Waals surface area contributed by atoms with Gasteiger partial charge in [0.2, 0.25) is 0 Å². The fraction of sp³-hybridized carbons (Fsp3) is 0.385. The Bertz CT molecular complexity index is 1550. The summed E-state index contributed by atoms with van der Waals surface area (Å²) in [6.07, 6.45) is 6.59. The number of fused-ring (bicyclic) bond motifs is 1. The maximum Gasteiger partial charge on any atom is 0.303 e. The lowest BCUT2D eigenvalue weighted by molar-refractivity contribution is -0.137. The van der Waals surface area contributed by atoms with E-state index in [1.165, 1.54) is 20.5 Å². The van der Waals surface area contributed by atoms with Crippen molar-refractivity contribution in [2.24, 2.45) is 11.8 Å². The van der Waals surface area contributed by atoms with E-state index in [0.717, 1.165) is 4.88 Å². The van der Waals surface area contributed by atoms with Crippen LogP contribution >= 0.6 is 11.3 Å². The number of aliphatic hydroxyl groups excluding tert-OH is 1. The van der Waals surface area contributed by atoms with Crippen LogP contribution in [0.1, 0.15) is 76.7 Å². The molecule has 2 N–H and O–H groups in total. The Morgan fingerprint density at radius 1 is 0.978 bits per heavy atom. The van der Waals surface area contributed by atoms with Crippen LogP contribution in [0.15, 0.2) is 103 Å². The highest BCUT2D eigenvalue weighted by Crippen LogP contribution is 2.45. The summed E-state index contributed by atoms with van der Waals surface area (Å²) in [6, 6.07) is 32.0. The highest BCUT2D eigenvalue weighted by Gasteiger charge is 2.52. The molecular weight excluding hydrogens is 609 g/mol. The summed E-state index contributed by atoms with van der Waals surface area (Å²) < 4.78 is 8.92. The van der Waals surface area contributed by atoms with Crippen LogP contribution in [-0.4, -0.2) is 36.4 Å². The van der Waals surface area contributed by atoms with Gasteiger partial charge in [-0.1, -0.05) is 112 Å². The number of benzene rings is 3. The third kappa shape index (κ3) is 7.60. The van der Waals surface area contributed by atoms with Gasteiger partial charge in [-0.25, -0.2) is 0 Å². The molecule has 1 aliphatic rings. The minimum Gasteiger partial charge on any atom is -0.481 e. The summed E-state index contributed by atoms with van der Waals surface area (Å²) in [6.45, 7) is 6.87. The van der Waals surface area contributed by atoms with Gasteiger partial charge in [0, 0.05) is 28.3 Å². The highest BCUT2D eigenvalue weighted by atomic mass is 32.1. The zero-order valence-corrected chi connectivity index (χ0v) is 28.9. The number of Topliss-reactive ketones (excluding diaryl/α,β-unsaturated/α-hetero) is 1. The third-order valence-corrected chi connectivity index (χ3v) is 15.7. The quantitative estimate of drug-likeness (QED) is 0.0817. The largest absolute Gasteiger partial charge is 0.481 e. The Kier molecular flexibility index (Phi) is 11.1. The van der Waals surface area contributed by atoms with Crippen molar-refractivity contribution in [3.8, 4) is 0 Å². The number of carboxylic acid groups (broad SMARTS) is 1. The molecule has 5 rings (SSSR count). The van der Waals surface area contributed by atoms with Gasteiger partial charge >= 0.3 is 5.97 Å². The standard InChI is InChI=1S/C39H46O5SSi/c1-39(2,3)46(29-17-8-6-9-18-29,30-19-10-7-11-20-30)44-35(37-26-28-16-14-15-22-36(28)45-37)25-24-32-31(33(40)27-34(32)41)21-12-4-5-13-23-38(42)43/h4,6-12,14-20,22,26,31-33,35,40H,5,13,21,23-25,27H2,1-3H3,(H,42,43)/b12-4-/t31-,32-,33+,35-/m1/s1. The summed E-state index contributed by atoms with van der Waals surface area (Å²) in [7, 11) is -2.89. The van der Waals surface area contributed by atoms with Crippen molar-refractivity contribution in [1.82, 2.24) is 0 Å². The Hall–Kier alpha value is -3.36. The molecule has 5 nitrogen and oxygen atoms in total. The smallest absolute Gasteiger partial charge is 0.303 e. The maximum atomic E-state index is 13.3. The van der Waals surface area contributed by atoms with Crippen molar-refractivity contribution in [3.05, 3.63) is 108 Å². The first-order valence-electron chi connectivity index (χ1n) is 16.4. The van der Waals surface area contributed by atoms with E-state index in [0.29, 0.717) is 32.1 Å². The first-order valence-corrected chi connectivity index (χ1v) is 19.2. The fourth-order valence-corrected chi connectivity index (χ4v) is 13.0. The number of carboxylic acids is 1. The normalized spacial score (nSPS) is 19.7. The molecule has 0 amide bonds. The van der Waals surface area contributed by atoms with Crippen LogP contribution in [0, 0.1) is 11.8 Å². The van der Waals surface area contributed by atoms with Crippen molar-refractivity contribution in [2.45, 2.75) is 83.0 Å². The van der Waals surface area contributed by atoms with Crippen LogP contribution in [0.5, 0.6) is 0 Å². The molecule has 0 radical (unpaired) electrons. The molecule has 0 unspecified atom stereocenters.